The Labute approximate surface area is 184 Å². The van der Waals surface area contributed by atoms with Crippen LogP contribution < -0.4 is 0 Å². The van der Waals surface area contributed by atoms with E-state index >= 15 is 0 Å². The number of aliphatic hydroxyl groups excluding tert-OH is 1. The highest BCUT2D eigenvalue weighted by Crippen LogP contribution is 2.43. The van der Waals surface area contributed by atoms with Crippen molar-refractivity contribution in [3.8, 4) is 0 Å². The van der Waals surface area contributed by atoms with Crippen LogP contribution in [0.2, 0.25) is 0 Å². The smallest absolute Gasteiger partial charge is 0.275 e. The molecule has 1 N–H and O–H groups in total. The Bertz CT molecular complexity index is 1180. The summed E-state index contributed by atoms with van der Waals surface area (Å²) in [6, 6.07) is 9.05. The van der Waals surface area contributed by atoms with Crippen LogP contribution >= 0.6 is 0 Å². The molecule has 2 unspecified atom stereocenters. The summed E-state index contributed by atoms with van der Waals surface area (Å²) in [6.07, 6.45) is 1.03. The van der Waals surface area contributed by atoms with Crippen molar-refractivity contribution in [1.29, 1.82) is 0 Å². The number of benzene rings is 2. The SMILES string of the molecule is CN1CC(C2c3cc(F)ccc3CCc3c(F)cccc32)N2C(=C(O)C(=O)CN2C)C1=O. The lowest BCUT2D eigenvalue weighted by Crippen LogP contribution is -2.63. The molecule has 0 bridgehead atoms. The van der Waals surface area contributed by atoms with Gasteiger partial charge in [0.25, 0.3) is 5.91 Å². The third-order valence-electron chi connectivity index (χ3n) is 6.74. The van der Waals surface area contributed by atoms with Crippen molar-refractivity contribution < 1.29 is 23.5 Å². The van der Waals surface area contributed by atoms with Crippen LogP contribution in [0.1, 0.15) is 28.2 Å². The number of likely N-dealkylation sites (N-methyl/N-ethyl adjacent to an activating group) is 2. The highest BCUT2D eigenvalue weighted by molar-refractivity contribution is 6.05. The number of fused-ring (bicyclic) bond motifs is 3. The zero-order valence-corrected chi connectivity index (χ0v) is 17.8. The molecule has 0 aromatic heterocycles. The lowest BCUT2D eigenvalue weighted by atomic mass is 9.80. The second kappa shape index (κ2) is 7.41. The van der Waals surface area contributed by atoms with Gasteiger partial charge in [-0.05, 0) is 53.3 Å². The minimum absolute atomic E-state index is 0.0948. The van der Waals surface area contributed by atoms with Gasteiger partial charge >= 0.3 is 0 Å². The van der Waals surface area contributed by atoms with E-state index < -0.39 is 35.2 Å². The topological polar surface area (TPSA) is 64.1 Å². The molecule has 2 heterocycles. The fourth-order valence-electron chi connectivity index (χ4n) is 5.31. The minimum atomic E-state index is -0.572. The molecular formula is C24H23F2N3O3. The van der Waals surface area contributed by atoms with E-state index in [1.165, 1.54) is 23.1 Å². The number of amides is 1. The first-order valence-corrected chi connectivity index (χ1v) is 10.6. The number of hydrazine groups is 1. The van der Waals surface area contributed by atoms with Crippen molar-refractivity contribution in [2.24, 2.45) is 0 Å². The van der Waals surface area contributed by atoms with E-state index in [-0.39, 0.29) is 24.6 Å². The van der Waals surface area contributed by atoms with E-state index in [0.717, 1.165) is 16.7 Å². The molecule has 1 saturated heterocycles. The summed E-state index contributed by atoms with van der Waals surface area (Å²) in [6.45, 7) is 0.159. The van der Waals surface area contributed by atoms with Gasteiger partial charge in [-0.3, -0.25) is 14.6 Å². The quantitative estimate of drug-likeness (QED) is 0.740. The van der Waals surface area contributed by atoms with Gasteiger partial charge in [-0.15, -0.1) is 0 Å². The van der Waals surface area contributed by atoms with Gasteiger partial charge in [-0.1, -0.05) is 18.2 Å². The zero-order valence-electron chi connectivity index (χ0n) is 17.8. The Kier molecular flexibility index (Phi) is 4.78. The van der Waals surface area contributed by atoms with Gasteiger partial charge in [-0.2, -0.15) is 0 Å². The Hall–Kier alpha value is -3.26. The van der Waals surface area contributed by atoms with E-state index in [2.05, 4.69) is 0 Å². The normalized spacial score (nSPS) is 23.6. The molecule has 1 fully saturated rings. The Balaban J connectivity index is 1.77. The van der Waals surface area contributed by atoms with E-state index in [1.807, 2.05) is 6.07 Å². The summed E-state index contributed by atoms with van der Waals surface area (Å²) < 4.78 is 29.3. The predicted molar refractivity (Wildman–Crippen MR) is 113 cm³/mol. The van der Waals surface area contributed by atoms with Crippen LogP contribution in [0, 0.1) is 11.6 Å². The Morgan fingerprint density at radius 2 is 1.81 bits per heavy atom. The van der Waals surface area contributed by atoms with Gasteiger partial charge in [0.2, 0.25) is 5.78 Å². The molecule has 0 spiro atoms. The highest BCUT2D eigenvalue weighted by Gasteiger charge is 2.48. The number of Topliss-reactive ketones (excluding diaryl/α,β-unsaturated/α-hetero) is 1. The summed E-state index contributed by atoms with van der Waals surface area (Å²) in [7, 11) is 3.27. The number of carbonyl (C=O) groups is 2. The standard InChI is InChI=1S/C24H23F2N3O3/c1-27-11-19(29-22(24(27)32)23(31)20(30)12-28(29)2)21-16-4-3-5-18(26)15(16)9-7-13-6-8-14(25)10-17(13)21/h3-6,8,10,19,21,31H,7,9,11-12H2,1-2H3. The summed E-state index contributed by atoms with van der Waals surface area (Å²) in [5.41, 5.74) is 2.84. The molecule has 166 valence electrons. The van der Waals surface area contributed by atoms with Crippen LogP contribution in [-0.2, 0) is 22.4 Å². The number of ketones is 1. The van der Waals surface area contributed by atoms with Gasteiger partial charge in [0.05, 0.1) is 12.6 Å². The molecule has 0 radical (unpaired) electrons. The summed E-state index contributed by atoms with van der Waals surface area (Å²) in [4.78, 5) is 26.7. The van der Waals surface area contributed by atoms with E-state index in [1.54, 1.807) is 36.2 Å². The molecule has 2 aliphatic heterocycles. The molecule has 2 atom stereocenters. The average Bonchev–Trinajstić information content (AvgIpc) is 2.91. The van der Waals surface area contributed by atoms with E-state index in [4.69, 9.17) is 0 Å². The summed E-state index contributed by atoms with van der Waals surface area (Å²) in [5, 5.41) is 13.8. The number of halogens is 2. The maximum atomic E-state index is 14.9. The summed E-state index contributed by atoms with van der Waals surface area (Å²) in [5.74, 6) is -2.78. The third-order valence-corrected chi connectivity index (χ3v) is 6.74. The number of aliphatic hydroxyl groups is 1. The van der Waals surface area contributed by atoms with Crippen molar-refractivity contribution in [1.82, 2.24) is 14.9 Å². The van der Waals surface area contributed by atoms with Crippen LogP contribution in [-0.4, -0.2) is 64.9 Å². The van der Waals surface area contributed by atoms with E-state index in [9.17, 15) is 23.5 Å². The van der Waals surface area contributed by atoms with Crippen LogP contribution in [0.3, 0.4) is 0 Å². The molecule has 32 heavy (non-hydrogen) atoms. The second-order valence-corrected chi connectivity index (χ2v) is 8.66. The van der Waals surface area contributed by atoms with Crippen LogP contribution in [0.4, 0.5) is 8.78 Å². The number of hydrogen-bond donors (Lipinski definition) is 1. The molecule has 1 amide bonds. The highest BCUT2D eigenvalue weighted by atomic mass is 19.1. The Morgan fingerprint density at radius 3 is 2.59 bits per heavy atom. The first kappa shape index (κ1) is 20.6. The van der Waals surface area contributed by atoms with Crippen LogP contribution in [0.15, 0.2) is 47.9 Å². The third kappa shape index (κ3) is 3.01. The molecular weight excluding hydrogens is 416 g/mol. The fourth-order valence-corrected chi connectivity index (χ4v) is 5.31. The number of hydrogen-bond acceptors (Lipinski definition) is 5. The number of nitrogens with zero attached hydrogens (tertiary/aromatic N) is 3. The number of carbonyl (C=O) groups excluding carboxylic acids is 2. The van der Waals surface area contributed by atoms with Crippen molar-refractivity contribution in [2.45, 2.75) is 24.8 Å². The Morgan fingerprint density at radius 1 is 1.03 bits per heavy atom. The van der Waals surface area contributed by atoms with Gasteiger partial charge in [0, 0.05) is 26.6 Å². The number of aryl methyl sites for hydroxylation is 1. The van der Waals surface area contributed by atoms with Crippen molar-refractivity contribution in [3.05, 3.63) is 81.7 Å². The van der Waals surface area contributed by atoms with Gasteiger partial charge in [0.1, 0.15) is 11.6 Å². The maximum absolute atomic E-state index is 14.9. The monoisotopic (exact) mass is 439 g/mol. The van der Waals surface area contributed by atoms with Crippen LogP contribution in [0.5, 0.6) is 0 Å². The molecule has 6 nitrogen and oxygen atoms in total. The minimum Gasteiger partial charge on any atom is -0.503 e. The van der Waals surface area contributed by atoms with Crippen molar-refractivity contribution in [3.63, 3.8) is 0 Å². The summed E-state index contributed by atoms with van der Waals surface area (Å²) >= 11 is 0. The van der Waals surface area contributed by atoms with Crippen molar-refractivity contribution >= 4 is 11.7 Å². The van der Waals surface area contributed by atoms with E-state index in [0.29, 0.717) is 18.4 Å². The van der Waals surface area contributed by atoms with Gasteiger partial charge in [0.15, 0.2) is 11.5 Å². The first-order valence-electron chi connectivity index (χ1n) is 10.6. The zero-order chi connectivity index (χ0) is 22.7. The largest absolute Gasteiger partial charge is 0.503 e. The lowest BCUT2D eigenvalue weighted by Gasteiger charge is -2.50. The molecule has 8 heteroatoms. The first-order chi connectivity index (χ1) is 15.3. The molecule has 3 aliphatic rings. The molecule has 0 saturated carbocycles. The molecule has 1 aliphatic carbocycles. The number of rotatable bonds is 1. The molecule has 5 rings (SSSR count). The van der Waals surface area contributed by atoms with Crippen molar-refractivity contribution in [2.75, 3.05) is 27.2 Å². The van der Waals surface area contributed by atoms with Gasteiger partial charge in [-0.25, -0.2) is 13.8 Å². The average molecular weight is 439 g/mol. The lowest BCUT2D eigenvalue weighted by molar-refractivity contribution is -0.148. The molecule has 2 aromatic carbocycles. The fraction of sp³-hybridized carbons (Fsp3) is 0.333. The van der Waals surface area contributed by atoms with Crippen LogP contribution in [0.25, 0.3) is 0 Å². The predicted octanol–water partition coefficient (Wildman–Crippen LogP) is 2.54. The maximum Gasteiger partial charge on any atom is 0.275 e. The molecule has 2 aromatic rings. The number of piperazine rings is 1. The van der Waals surface area contributed by atoms with Gasteiger partial charge < -0.3 is 10.0 Å². The second-order valence-electron chi connectivity index (χ2n) is 8.66.